The molecule has 0 spiro atoms. The zero-order valence-electron chi connectivity index (χ0n) is 14.4. The van der Waals surface area contributed by atoms with Gasteiger partial charge < -0.3 is 14.8 Å². The van der Waals surface area contributed by atoms with Crippen LogP contribution < -0.4 is 5.32 Å². The van der Waals surface area contributed by atoms with E-state index in [0.717, 1.165) is 32.1 Å². The third-order valence-electron chi connectivity index (χ3n) is 4.91. The Morgan fingerprint density at radius 1 is 1.20 bits per heavy atom. The number of carbonyl (C=O) groups is 2. The minimum Gasteiger partial charge on any atom is -0.478 e. The van der Waals surface area contributed by atoms with Crippen molar-refractivity contribution in [1.82, 2.24) is 5.32 Å². The van der Waals surface area contributed by atoms with Crippen LogP contribution in [0.4, 0.5) is 0 Å². The summed E-state index contributed by atoms with van der Waals surface area (Å²) in [7, 11) is 0. The molecule has 0 saturated heterocycles. The molecule has 25 heavy (non-hydrogen) atoms. The van der Waals surface area contributed by atoms with Crippen LogP contribution in [0, 0.1) is 0 Å². The van der Waals surface area contributed by atoms with E-state index in [2.05, 4.69) is 17.4 Å². The van der Waals surface area contributed by atoms with Crippen LogP contribution in [0.3, 0.4) is 0 Å². The van der Waals surface area contributed by atoms with E-state index in [0.29, 0.717) is 12.2 Å². The lowest BCUT2D eigenvalue weighted by Gasteiger charge is -2.30. The number of aromatic carboxylic acids is 1. The van der Waals surface area contributed by atoms with E-state index < -0.39 is 5.97 Å². The Bertz CT molecular complexity index is 757. The van der Waals surface area contributed by atoms with Gasteiger partial charge in [-0.2, -0.15) is 0 Å². The smallest absolute Gasteiger partial charge is 0.339 e. The zero-order chi connectivity index (χ0) is 17.9. The van der Waals surface area contributed by atoms with Crippen molar-refractivity contribution in [2.24, 2.45) is 0 Å². The van der Waals surface area contributed by atoms with Crippen molar-refractivity contribution in [3.05, 3.63) is 59.0 Å². The predicted molar refractivity (Wildman–Crippen MR) is 93.9 cm³/mol. The average Bonchev–Trinajstić information content (AvgIpc) is 3.23. The lowest BCUT2D eigenvalue weighted by atomic mass is 9.89. The number of amides is 1. The third kappa shape index (κ3) is 3.76. The highest BCUT2D eigenvalue weighted by atomic mass is 16.4. The average molecular weight is 341 g/mol. The number of hydrogen-bond donors (Lipinski definition) is 2. The first-order valence-electron chi connectivity index (χ1n) is 8.75. The van der Waals surface area contributed by atoms with Gasteiger partial charge in [-0.25, -0.2) is 4.79 Å². The summed E-state index contributed by atoms with van der Waals surface area (Å²) in [5.74, 6) is -0.991. The highest BCUT2D eigenvalue weighted by molar-refractivity contribution is 5.96. The summed E-state index contributed by atoms with van der Waals surface area (Å²) >= 11 is 0. The third-order valence-corrected chi connectivity index (χ3v) is 4.91. The molecule has 5 nitrogen and oxygen atoms in total. The number of carbonyl (C=O) groups excluding carboxylic acids is 1. The fourth-order valence-corrected chi connectivity index (χ4v) is 3.67. The molecule has 0 aliphatic heterocycles. The van der Waals surface area contributed by atoms with E-state index in [1.165, 1.54) is 11.6 Å². The summed E-state index contributed by atoms with van der Waals surface area (Å²) < 4.78 is 5.50. The molecule has 1 saturated carbocycles. The number of carboxylic acids is 1. The van der Waals surface area contributed by atoms with Crippen LogP contribution in [0.15, 0.2) is 40.8 Å². The summed E-state index contributed by atoms with van der Waals surface area (Å²) in [6, 6.07) is 11.4. The normalized spacial score (nSPS) is 15.9. The van der Waals surface area contributed by atoms with Crippen molar-refractivity contribution < 1.29 is 19.1 Å². The molecule has 0 unspecified atom stereocenters. The molecular weight excluding hydrogens is 318 g/mol. The number of benzene rings is 1. The Morgan fingerprint density at radius 2 is 1.88 bits per heavy atom. The maximum Gasteiger partial charge on any atom is 0.339 e. The largest absolute Gasteiger partial charge is 0.478 e. The second kappa shape index (κ2) is 7.13. The maximum atomic E-state index is 12.7. The van der Waals surface area contributed by atoms with Crippen LogP contribution in [0.5, 0.6) is 0 Å². The molecule has 1 aliphatic rings. The van der Waals surface area contributed by atoms with Crippen LogP contribution >= 0.6 is 0 Å². The van der Waals surface area contributed by atoms with Crippen LogP contribution in [0.25, 0.3) is 0 Å². The van der Waals surface area contributed by atoms with Gasteiger partial charge in [0.15, 0.2) is 5.76 Å². The summed E-state index contributed by atoms with van der Waals surface area (Å²) in [5, 5.41) is 12.4. The van der Waals surface area contributed by atoms with Crippen molar-refractivity contribution in [1.29, 1.82) is 0 Å². The Hall–Kier alpha value is -2.56. The Kier molecular flexibility index (Phi) is 4.93. The SMILES string of the molecule is CCc1oc(C(=O)NC2(Cc3ccccc3)CCCC2)cc1C(=O)O. The van der Waals surface area contributed by atoms with Crippen LogP contribution in [-0.2, 0) is 12.8 Å². The van der Waals surface area contributed by atoms with Crippen molar-refractivity contribution in [2.45, 2.75) is 51.0 Å². The Balaban J connectivity index is 1.81. The summed E-state index contributed by atoms with van der Waals surface area (Å²) in [4.78, 5) is 24.0. The van der Waals surface area contributed by atoms with E-state index in [1.54, 1.807) is 6.92 Å². The summed E-state index contributed by atoms with van der Waals surface area (Å²) in [6.07, 6.45) is 5.19. The summed E-state index contributed by atoms with van der Waals surface area (Å²) in [5.41, 5.74) is 0.960. The van der Waals surface area contributed by atoms with E-state index in [9.17, 15) is 14.7 Å². The second-order valence-corrected chi connectivity index (χ2v) is 6.71. The molecule has 2 N–H and O–H groups in total. The van der Waals surface area contributed by atoms with Gasteiger partial charge >= 0.3 is 5.97 Å². The number of furan rings is 1. The van der Waals surface area contributed by atoms with Crippen molar-refractivity contribution >= 4 is 11.9 Å². The zero-order valence-corrected chi connectivity index (χ0v) is 14.4. The molecule has 1 fully saturated rings. The molecule has 1 amide bonds. The van der Waals surface area contributed by atoms with Crippen molar-refractivity contribution in [3.8, 4) is 0 Å². The Labute approximate surface area is 147 Å². The topological polar surface area (TPSA) is 79.5 Å². The number of nitrogens with one attached hydrogen (secondary N) is 1. The monoisotopic (exact) mass is 341 g/mol. The molecule has 3 rings (SSSR count). The fraction of sp³-hybridized carbons (Fsp3) is 0.400. The van der Waals surface area contributed by atoms with Gasteiger partial charge in [-0.15, -0.1) is 0 Å². The molecule has 0 atom stereocenters. The van der Waals surface area contributed by atoms with Gasteiger partial charge in [-0.05, 0) is 24.8 Å². The molecule has 1 aromatic heterocycles. The molecule has 0 radical (unpaired) electrons. The van der Waals surface area contributed by atoms with E-state index in [1.807, 2.05) is 18.2 Å². The van der Waals surface area contributed by atoms with E-state index in [-0.39, 0.29) is 22.8 Å². The lowest BCUT2D eigenvalue weighted by Crippen LogP contribution is -2.48. The lowest BCUT2D eigenvalue weighted by molar-refractivity contribution is 0.0694. The van der Waals surface area contributed by atoms with Gasteiger partial charge in [0.1, 0.15) is 11.3 Å². The first kappa shape index (κ1) is 17.3. The standard InChI is InChI=1S/C20H23NO4/c1-2-16-15(19(23)24)12-17(25-16)18(22)21-20(10-6-7-11-20)13-14-8-4-3-5-9-14/h3-5,8-9,12H,2,6-7,10-11,13H2,1H3,(H,21,22)(H,23,24). The molecule has 1 aromatic carbocycles. The number of hydrogen-bond acceptors (Lipinski definition) is 3. The highest BCUT2D eigenvalue weighted by Crippen LogP contribution is 2.33. The minimum atomic E-state index is -1.07. The van der Waals surface area contributed by atoms with Gasteiger partial charge in [0, 0.05) is 18.0 Å². The van der Waals surface area contributed by atoms with Gasteiger partial charge in [-0.3, -0.25) is 4.79 Å². The molecule has 2 aromatic rings. The first-order chi connectivity index (χ1) is 12.0. The van der Waals surface area contributed by atoms with Crippen LogP contribution in [-0.4, -0.2) is 22.5 Å². The van der Waals surface area contributed by atoms with Crippen LogP contribution in [0.1, 0.15) is 64.8 Å². The summed E-state index contributed by atoms with van der Waals surface area (Å²) in [6.45, 7) is 1.81. The van der Waals surface area contributed by atoms with Crippen molar-refractivity contribution in [3.63, 3.8) is 0 Å². The van der Waals surface area contributed by atoms with Crippen molar-refractivity contribution in [2.75, 3.05) is 0 Å². The molecule has 0 bridgehead atoms. The first-order valence-corrected chi connectivity index (χ1v) is 8.75. The number of carboxylic acid groups (broad SMARTS) is 1. The molecule has 5 heteroatoms. The molecule has 1 heterocycles. The van der Waals surface area contributed by atoms with E-state index >= 15 is 0 Å². The number of rotatable bonds is 6. The molecular formula is C20H23NO4. The van der Waals surface area contributed by atoms with Gasteiger partial charge in [-0.1, -0.05) is 50.1 Å². The minimum absolute atomic E-state index is 0.0659. The number of aryl methyl sites for hydroxylation is 1. The maximum absolute atomic E-state index is 12.7. The highest BCUT2D eigenvalue weighted by Gasteiger charge is 2.36. The quantitative estimate of drug-likeness (QED) is 0.837. The van der Waals surface area contributed by atoms with Gasteiger partial charge in [0.05, 0.1) is 0 Å². The fourth-order valence-electron chi connectivity index (χ4n) is 3.67. The molecule has 132 valence electrons. The van der Waals surface area contributed by atoms with Gasteiger partial charge in [0.2, 0.25) is 0 Å². The second-order valence-electron chi connectivity index (χ2n) is 6.71. The van der Waals surface area contributed by atoms with Crippen LogP contribution in [0.2, 0.25) is 0 Å². The molecule has 1 aliphatic carbocycles. The predicted octanol–water partition coefficient (Wildman–Crippen LogP) is 3.83. The van der Waals surface area contributed by atoms with Gasteiger partial charge in [0.25, 0.3) is 5.91 Å². The van der Waals surface area contributed by atoms with E-state index in [4.69, 9.17) is 4.42 Å². The Morgan fingerprint density at radius 3 is 2.44 bits per heavy atom.